The minimum Gasteiger partial charge on any atom is -0.480 e. The average Bonchev–Trinajstić information content (AvgIpc) is 2.66. The molecule has 0 radical (unpaired) electrons. The Bertz CT molecular complexity index is 770. The minimum absolute atomic E-state index is 0.161. The Hall–Kier alpha value is -2.13. The number of nitrogens with one attached hydrogen (secondary N) is 1. The quantitative estimate of drug-likeness (QED) is 0.761. The number of aliphatic hydroxyl groups excluding tert-OH is 1. The lowest BCUT2D eigenvalue weighted by atomic mass is 9.83. The van der Waals surface area contributed by atoms with Crippen LogP contribution in [0.2, 0.25) is 0 Å². The van der Waals surface area contributed by atoms with Crippen LogP contribution in [0.3, 0.4) is 0 Å². The molecule has 0 amide bonds. The van der Waals surface area contributed by atoms with E-state index in [4.69, 9.17) is 4.74 Å². The monoisotopic (exact) mass is 382 g/mol. The minimum atomic E-state index is -2.81. The lowest BCUT2D eigenvalue weighted by Gasteiger charge is -2.26. The number of hydrogen-bond acceptors (Lipinski definition) is 7. The molecule has 1 aliphatic rings. The van der Waals surface area contributed by atoms with Crippen LogP contribution in [0, 0.1) is 0 Å². The second kappa shape index (κ2) is 8.71. The Morgan fingerprint density at radius 1 is 1.22 bits per heavy atom. The van der Waals surface area contributed by atoms with Crippen LogP contribution in [-0.4, -0.2) is 52.5 Å². The number of alkyl halides is 2. The van der Waals surface area contributed by atoms with E-state index in [-0.39, 0.29) is 24.7 Å². The number of aliphatic hydroxyl groups is 1. The standard InChI is InChI=1S/C18H24F2N4O3/c1-10(9-27-17(19)20)23-18-22-8-14-15(24-18)13(7-21-16(14)26-2)11-3-5-12(25)6-4-11/h7-8,10-12,17,25H,3-6,9H2,1-2H3,(H,22,23,24)/t10-,11?,12?/m0/s1. The first-order valence-corrected chi connectivity index (χ1v) is 9.02. The molecule has 3 rings (SSSR count). The maximum atomic E-state index is 12.2. The van der Waals surface area contributed by atoms with Crippen LogP contribution in [0.15, 0.2) is 12.4 Å². The zero-order valence-electron chi connectivity index (χ0n) is 15.4. The number of rotatable bonds is 7. The van der Waals surface area contributed by atoms with Gasteiger partial charge in [0.25, 0.3) is 0 Å². The molecule has 2 N–H and O–H groups in total. The van der Waals surface area contributed by atoms with Crippen LogP contribution in [0.4, 0.5) is 14.7 Å². The highest BCUT2D eigenvalue weighted by molar-refractivity contribution is 5.86. The zero-order valence-corrected chi connectivity index (χ0v) is 15.4. The van der Waals surface area contributed by atoms with Gasteiger partial charge in [0.1, 0.15) is 0 Å². The van der Waals surface area contributed by atoms with Crippen LogP contribution >= 0.6 is 0 Å². The molecular weight excluding hydrogens is 358 g/mol. The van der Waals surface area contributed by atoms with Crippen LogP contribution in [-0.2, 0) is 4.74 Å². The van der Waals surface area contributed by atoms with Crippen molar-refractivity contribution in [2.24, 2.45) is 0 Å². The second-order valence-electron chi connectivity index (χ2n) is 6.82. The fraction of sp³-hybridized carbons (Fsp3) is 0.611. The van der Waals surface area contributed by atoms with Gasteiger partial charge in [-0.25, -0.2) is 15.0 Å². The molecule has 0 spiro atoms. The van der Waals surface area contributed by atoms with Gasteiger partial charge in [-0.05, 0) is 38.5 Å². The Balaban J connectivity index is 1.89. The number of fused-ring (bicyclic) bond motifs is 1. The SMILES string of the molecule is COc1ncc(C2CCC(O)CC2)c2nc(N[C@@H](C)COC(F)F)ncc12. The molecule has 1 fully saturated rings. The molecule has 1 saturated carbocycles. The summed E-state index contributed by atoms with van der Waals surface area (Å²) in [4.78, 5) is 13.2. The fourth-order valence-electron chi connectivity index (χ4n) is 3.41. The number of methoxy groups -OCH3 is 1. The van der Waals surface area contributed by atoms with E-state index in [0.29, 0.717) is 17.2 Å². The van der Waals surface area contributed by atoms with Gasteiger partial charge in [-0.1, -0.05) is 0 Å². The number of ether oxygens (including phenoxy) is 2. The van der Waals surface area contributed by atoms with Crippen molar-refractivity contribution in [2.45, 2.75) is 57.3 Å². The van der Waals surface area contributed by atoms with E-state index < -0.39 is 6.61 Å². The molecule has 7 nitrogen and oxygen atoms in total. The predicted molar refractivity (Wildman–Crippen MR) is 96.1 cm³/mol. The molecule has 1 atom stereocenters. The summed E-state index contributed by atoms with van der Waals surface area (Å²) < 4.78 is 34.0. The molecule has 0 saturated heterocycles. The zero-order chi connectivity index (χ0) is 19.4. The van der Waals surface area contributed by atoms with Crippen molar-refractivity contribution in [2.75, 3.05) is 19.0 Å². The third-order valence-corrected chi connectivity index (χ3v) is 4.79. The largest absolute Gasteiger partial charge is 0.480 e. The molecular formula is C18H24F2N4O3. The van der Waals surface area contributed by atoms with Crippen molar-refractivity contribution in [1.29, 1.82) is 0 Å². The van der Waals surface area contributed by atoms with Crippen LogP contribution < -0.4 is 10.1 Å². The van der Waals surface area contributed by atoms with Crippen molar-refractivity contribution >= 4 is 16.9 Å². The highest BCUT2D eigenvalue weighted by Crippen LogP contribution is 2.37. The highest BCUT2D eigenvalue weighted by Gasteiger charge is 2.24. The summed E-state index contributed by atoms with van der Waals surface area (Å²) in [5.74, 6) is 1.01. The first-order valence-electron chi connectivity index (χ1n) is 9.02. The van der Waals surface area contributed by atoms with Crippen LogP contribution in [0.1, 0.15) is 44.1 Å². The fourth-order valence-corrected chi connectivity index (χ4v) is 3.41. The van der Waals surface area contributed by atoms with Gasteiger partial charge in [-0.3, -0.25) is 0 Å². The van der Waals surface area contributed by atoms with Gasteiger partial charge in [0, 0.05) is 24.0 Å². The van der Waals surface area contributed by atoms with Crippen molar-refractivity contribution in [3.63, 3.8) is 0 Å². The lowest BCUT2D eigenvalue weighted by molar-refractivity contribution is -0.130. The Morgan fingerprint density at radius 3 is 2.63 bits per heavy atom. The number of hydrogen-bond donors (Lipinski definition) is 2. The summed E-state index contributed by atoms with van der Waals surface area (Å²) in [5.41, 5.74) is 1.71. The number of halogens is 2. The average molecular weight is 382 g/mol. The summed E-state index contributed by atoms with van der Waals surface area (Å²) in [6, 6.07) is -0.381. The van der Waals surface area contributed by atoms with E-state index in [2.05, 4.69) is 25.0 Å². The van der Waals surface area contributed by atoms with Gasteiger partial charge < -0.3 is 19.9 Å². The molecule has 27 heavy (non-hydrogen) atoms. The molecule has 9 heteroatoms. The second-order valence-corrected chi connectivity index (χ2v) is 6.82. The van der Waals surface area contributed by atoms with Crippen molar-refractivity contribution < 1.29 is 23.4 Å². The van der Waals surface area contributed by atoms with E-state index in [1.807, 2.05) is 0 Å². The first kappa shape index (κ1) is 19.6. The van der Waals surface area contributed by atoms with Crippen LogP contribution in [0.25, 0.3) is 10.9 Å². The van der Waals surface area contributed by atoms with Gasteiger partial charge in [0.15, 0.2) is 0 Å². The van der Waals surface area contributed by atoms with Crippen molar-refractivity contribution in [3.8, 4) is 5.88 Å². The summed E-state index contributed by atoms with van der Waals surface area (Å²) in [5, 5.41) is 13.4. The van der Waals surface area contributed by atoms with E-state index in [0.717, 1.165) is 36.8 Å². The number of nitrogens with zero attached hydrogens (tertiary/aromatic N) is 3. The smallest absolute Gasteiger partial charge is 0.345 e. The van der Waals surface area contributed by atoms with Gasteiger partial charge >= 0.3 is 6.61 Å². The molecule has 2 heterocycles. The molecule has 0 aromatic carbocycles. The summed E-state index contributed by atoms with van der Waals surface area (Å²) in [6.45, 7) is -1.26. The Morgan fingerprint density at radius 2 is 1.96 bits per heavy atom. The number of anilines is 1. The number of pyridine rings is 1. The molecule has 0 bridgehead atoms. The van der Waals surface area contributed by atoms with Gasteiger partial charge in [0.2, 0.25) is 11.8 Å². The van der Waals surface area contributed by atoms with Crippen molar-refractivity contribution in [1.82, 2.24) is 15.0 Å². The number of aromatic nitrogens is 3. The third kappa shape index (κ3) is 4.78. The maximum absolute atomic E-state index is 12.2. The first-order chi connectivity index (χ1) is 13.0. The summed E-state index contributed by atoms with van der Waals surface area (Å²) in [6.07, 6.45) is 6.35. The maximum Gasteiger partial charge on any atom is 0.345 e. The topological polar surface area (TPSA) is 89.4 Å². The molecule has 0 aliphatic heterocycles. The molecule has 0 unspecified atom stereocenters. The Kier molecular flexibility index (Phi) is 6.33. The van der Waals surface area contributed by atoms with E-state index in [9.17, 15) is 13.9 Å². The molecule has 1 aliphatic carbocycles. The highest BCUT2D eigenvalue weighted by atomic mass is 19.3. The van der Waals surface area contributed by atoms with E-state index in [1.54, 1.807) is 19.3 Å². The molecule has 148 valence electrons. The predicted octanol–water partition coefficient (Wildman–Crippen LogP) is 3.09. The summed E-state index contributed by atoms with van der Waals surface area (Å²) >= 11 is 0. The molecule has 2 aromatic rings. The Labute approximate surface area is 156 Å². The van der Waals surface area contributed by atoms with E-state index >= 15 is 0 Å². The third-order valence-electron chi connectivity index (χ3n) is 4.79. The van der Waals surface area contributed by atoms with Crippen molar-refractivity contribution in [3.05, 3.63) is 18.0 Å². The van der Waals surface area contributed by atoms with E-state index in [1.165, 1.54) is 7.11 Å². The van der Waals surface area contributed by atoms with Crippen LogP contribution in [0.5, 0.6) is 5.88 Å². The van der Waals surface area contributed by atoms with Gasteiger partial charge in [-0.15, -0.1) is 0 Å². The molecule has 2 aromatic heterocycles. The van der Waals surface area contributed by atoms with Gasteiger partial charge in [0.05, 0.1) is 30.7 Å². The normalized spacial score (nSPS) is 21.4. The summed E-state index contributed by atoms with van der Waals surface area (Å²) in [7, 11) is 1.54. The van der Waals surface area contributed by atoms with Gasteiger partial charge in [-0.2, -0.15) is 8.78 Å². The lowest BCUT2D eigenvalue weighted by Crippen LogP contribution is -2.24.